The molecule has 0 aliphatic carbocycles. The number of carbonyl (C=O) groups is 3. The fourth-order valence-corrected chi connectivity index (χ4v) is 4.38. The summed E-state index contributed by atoms with van der Waals surface area (Å²) in [6.45, 7) is 0.462. The van der Waals surface area contributed by atoms with Gasteiger partial charge in [-0.1, -0.05) is 12.1 Å². The van der Waals surface area contributed by atoms with Gasteiger partial charge in [-0.3, -0.25) is 14.4 Å². The average molecular weight is 400 g/mol. The Morgan fingerprint density at radius 2 is 2.07 bits per heavy atom. The minimum Gasteiger partial charge on any atom is -0.508 e. The topological polar surface area (TPSA) is 95.9 Å². The first kappa shape index (κ1) is 18.6. The van der Waals surface area contributed by atoms with Crippen molar-refractivity contribution in [3.63, 3.8) is 0 Å². The van der Waals surface area contributed by atoms with E-state index in [1.807, 2.05) is 0 Å². The van der Waals surface area contributed by atoms with Crippen LogP contribution in [0, 0.1) is 0 Å². The van der Waals surface area contributed by atoms with Crippen LogP contribution < -0.4 is 5.32 Å². The second kappa shape index (κ2) is 7.73. The molecule has 146 valence electrons. The number of carbonyl (C=O) groups excluding carboxylic acids is 3. The fraction of sp³-hybridized carbons (Fsp3) is 0.350. The second-order valence-corrected chi connectivity index (χ2v) is 7.77. The SMILES string of the molecule is O=C(N[C@@H](Cc1ccc(O)cc1)C(=O)N1CC[C@H]2OCC(=O)[C@H]21)c1ccsc1. The van der Waals surface area contributed by atoms with Gasteiger partial charge in [-0.2, -0.15) is 11.3 Å². The maximum atomic E-state index is 13.3. The lowest BCUT2D eigenvalue weighted by atomic mass is 10.0. The van der Waals surface area contributed by atoms with E-state index in [9.17, 15) is 19.5 Å². The molecule has 2 saturated heterocycles. The number of ketones is 1. The van der Waals surface area contributed by atoms with Crippen LogP contribution >= 0.6 is 11.3 Å². The van der Waals surface area contributed by atoms with E-state index in [0.717, 1.165) is 5.56 Å². The Morgan fingerprint density at radius 1 is 1.29 bits per heavy atom. The van der Waals surface area contributed by atoms with Gasteiger partial charge in [0.15, 0.2) is 5.78 Å². The number of phenols is 1. The molecule has 2 amide bonds. The van der Waals surface area contributed by atoms with Gasteiger partial charge in [0.25, 0.3) is 5.91 Å². The molecule has 2 aromatic rings. The van der Waals surface area contributed by atoms with Crippen molar-refractivity contribution in [2.75, 3.05) is 13.2 Å². The van der Waals surface area contributed by atoms with Crippen LogP contribution in [0.3, 0.4) is 0 Å². The minimum atomic E-state index is -0.816. The Labute approximate surface area is 165 Å². The summed E-state index contributed by atoms with van der Waals surface area (Å²) in [4.78, 5) is 39.5. The first-order valence-electron chi connectivity index (χ1n) is 9.08. The smallest absolute Gasteiger partial charge is 0.252 e. The molecule has 4 rings (SSSR count). The van der Waals surface area contributed by atoms with Crippen molar-refractivity contribution in [1.82, 2.24) is 10.2 Å². The summed E-state index contributed by atoms with van der Waals surface area (Å²) < 4.78 is 5.46. The Morgan fingerprint density at radius 3 is 2.79 bits per heavy atom. The van der Waals surface area contributed by atoms with E-state index in [-0.39, 0.29) is 42.5 Å². The van der Waals surface area contributed by atoms with Crippen LogP contribution in [0.4, 0.5) is 0 Å². The van der Waals surface area contributed by atoms with E-state index in [1.165, 1.54) is 23.5 Å². The van der Waals surface area contributed by atoms with Crippen LogP contribution in [0.2, 0.25) is 0 Å². The number of phenolic OH excluding ortho intramolecular Hbond substituents is 1. The third kappa shape index (κ3) is 3.65. The number of likely N-dealkylation sites (tertiary alicyclic amines) is 1. The first-order chi connectivity index (χ1) is 13.5. The number of thiophene rings is 1. The molecule has 1 aromatic heterocycles. The molecule has 2 aliphatic rings. The zero-order valence-corrected chi connectivity index (χ0v) is 15.9. The van der Waals surface area contributed by atoms with Gasteiger partial charge in [-0.15, -0.1) is 0 Å². The zero-order valence-electron chi connectivity index (χ0n) is 15.0. The molecule has 0 saturated carbocycles. The van der Waals surface area contributed by atoms with Crippen LogP contribution in [0.1, 0.15) is 22.3 Å². The van der Waals surface area contributed by atoms with E-state index in [4.69, 9.17) is 4.74 Å². The second-order valence-electron chi connectivity index (χ2n) is 6.99. The van der Waals surface area contributed by atoms with Gasteiger partial charge in [-0.25, -0.2) is 0 Å². The van der Waals surface area contributed by atoms with E-state index in [0.29, 0.717) is 18.5 Å². The number of hydrogen-bond acceptors (Lipinski definition) is 6. The monoisotopic (exact) mass is 400 g/mol. The van der Waals surface area contributed by atoms with Crippen molar-refractivity contribution >= 4 is 28.9 Å². The predicted molar refractivity (Wildman–Crippen MR) is 102 cm³/mol. The third-order valence-electron chi connectivity index (χ3n) is 5.16. The standard InChI is InChI=1S/C20H20N2O5S/c23-14-3-1-12(2-4-14)9-15(21-19(25)13-6-8-28-11-13)20(26)22-7-5-17-18(22)16(24)10-27-17/h1-4,6,8,11,15,17-18,23H,5,7,9-10H2,(H,21,25)/t15-,17+,18+/m0/s1. The van der Waals surface area contributed by atoms with Crippen LogP contribution in [0.5, 0.6) is 5.75 Å². The molecular weight excluding hydrogens is 380 g/mol. The van der Waals surface area contributed by atoms with E-state index < -0.39 is 12.1 Å². The maximum Gasteiger partial charge on any atom is 0.252 e. The van der Waals surface area contributed by atoms with E-state index in [1.54, 1.807) is 33.9 Å². The number of nitrogens with one attached hydrogen (secondary N) is 1. The van der Waals surface area contributed by atoms with Gasteiger partial charge < -0.3 is 20.1 Å². The lowest BCUT2D eigenvalue weighted by Crippen LogP contribution is -2.53. The fourth-order valence-electron chi connectivity index (χ4n) is 3.74. The van der Waals surface area contributed by atoms with Gasteiger partial charge in [0.2, 0.25) is 5.91 Å². The van der Waals surface area contributed by atoms with Gasteiger partial charge in [-0.05, 0) is 35.6 Å². The Balaban J connectivity index is 1.56. The maximum absolute atomic E-state index is 13.3. The number of rotatable bonds is 5. The molecule has 8 heteroatoms. The molecular formula is C20H20N2O5S. The van der Waals surface area contributed by atoms with Crippen molar-refractivity contribution in [2.45, 2.75) is 31.0 Å². The lowest BCUT2D eigenvalue weighted by molar-refractivity contribution is -0.138. The molecule has 7 nitrogen and oxygen atoms in total. The summed E-state index contributed by atoms with van der Waals surface area (Å²) in [5.41, 5.74) is 1.29. The molecule has 1 aromatic carbocycles. The number of Topliss-reactive ketones (excluding diaryl/α,β-unsaturated/α-hetero) is 1. The Hall–Kier alpha value is -2.71. The van der Waals surface area contributed by atoms with Crippen molar-refractivity contribution < 1.29 is 24.2 Å². The van der Waals surface area contributed by atoms with Gasteiger partial charge in [0.1, 0.15) is 24.4 Å². The first-order valence-corrected chi connectivity index (χ1v) is 10.0. The minimum absolute atomic E-state index is 0.0308. The number of hydrogen-bond donors (Lipinski definition) is 2. The highest BCUT2D eigenvalue weighted by molar-refractivity contribution is 7.08. The number of nitrogens with zero attached hydrogens (tertiary/aromatic N) is 1. The third-order valence-corrected chi connectivity index (χ3v) is 5.84. The molecule has 2 fully saturated rings. The van der Waals surface area contributed by atoms with Gasteiger partial charge >= 0.3 is 0 Å². The Kier molecular flexibility index (Phi) is 5.15. The van der Waals surface area contributed by atoms with Gasteiger partial charge in [0.05, 0.1) is 11.7 Å². The number of fused-ring (bicyclic) bond motifs is 1. The zero-order chi connectivity index (χ0) is 19.7. The summed E-state index contributed by atoms with van der Waals surface area (Å²) in [5, 5.41) is 15.8. The highest BCUT2D eigenvalue weighted by Crippen LogP contribution is 2.28. The number of amides is 2. The van der Waals surface area contributed by atoms with E-state index in [2.05, 4.69) is 5.32 Å². The predicted octanol–water partition coefficient (Wildman–Crippen LogP) is 1.36. The molecule has 3 atom stereocenters. The quantitative estimate of drug-likeness (QED) is 0.790. The number of aromatic hydroxyl groups is 1. The molecule has 28 heavy (non-hydrogen) atoms. The Bertz CT molecular complexity index is 881. The highest BCUT2D eigenvalue weighted by Gasteiger charge is 2.48. The molecule has 0 radical (unpaired) electrons. The van der Waals surface area contributed by atoms with Crippen LogP contribution in [-0.4, -0.2) is 58.9 Å². The molecule has 2 N–H and O–H groups in total. The summed E-state index contributed by atoms with van der Waals surface area (Å²) in [7, 11) is 0. The van der Waals surface area contributed by atoms with Crippen molar-refractivity contribution in [2.24, 2.45) is 0 Å². The highest BCUT2D eigenvalue weighted by atomic mass is 32.1. The molecule has 3 heterocycles. The van der Waals surface area contributed by atoms with Crippen LogP contribution in [0.25, 0.3) is 0 Å². The number of ether oxygens (including phenoxy) is 1. The van der Waals surface area contributed by atoms with Crippen LogP contribution in [-0.2, 0) is 20.7 Å². The normalized spacial score (nSPS) is 22.1. The molecule has 2 aliphatic heterocycles. The lowest BCUT2D eigenvalue weighted by Gasteiger charge is -2.27. The molecule has 0 spiro atoms. The van der Waals surface area contributed by atoms with Crippen LogP contribution in [0.15, 0.2) is 41.1 Å². The largest absolute Gasteiger partial charge is 0.508 e. The number of benzene rings is 1. The van der Waals surface area contributed by atoms with Crippen molar-refractivity contribution in [3.05, 3.63) is 52.2 Å². The van der Waals surface area contributed by atoms with Crippen molar-refractivity contribution in [3.8, 4) is 5.75 Å². The summed E-state index contributed by atoms with van der Waals surface area (Å²) in [5.74, 6) is -0.584. The van der Waals surface area contributed by atoms with Crippen molar-refractivity contribution in [1.29, 1.82) is 0 Å². The van der Waals surface area contributed by atoms with E-state index >= 15 is 0 Å². The molecule has 0 bridgehead atoms. The summed E-state index contributed by atoms with van der Waals surface area (Å²) in [6, 6.07) is 6.82. The van der Waals surface area contributed by atoms with Gasteiger partial charge in [0, 0.05) is 18.3 Å². The summed E-state index contributed by atoms with van der Waals surface area (Å²) in [6.07, 6.45) is 0.628. The molecule has 0 unspecified atom stereocenters. The summed E-state index contributed by atoms with van der Waals surface area (Å²) >= 11 is 1.40. The average Bonchev–Trinajstić information content (AvgIpc) is 3.42.